The summed E-state index contributed by atoms with van der Waals surface area (Å²) in [6.45, 7) is 1.96. The van der Waals surface area contributed by atoms with Crippen LogP contribution in [0.3, 0.4) is 0 Å². The van der Waals surface area contributed by atoms with Crippen LogP contribution in [-0.4, -0.2) is 17.7 Å². The Labute approximate surface area is 132 Å². The average Bonchev–Trinajstić information content (AvgIpc) is 2.51. The number of carbonyl (C=O) groups excluding carboxylic acids is 1. The van der Waals surface area contributed by atoms with Gasteiger partial charge >= 0.3 is 0 Å². The topological polar surface area (TPSA) is 35.5 Å². The molecule has 3 rings (SSSR count). The Morgan fingerprint density at radius 1 is 1.14 bits per heavy atom. The lowest BCUT2D eigenvalue weighted by atomic mass is 9.95. The molecule has 2 aromatic carbocycles. The second-order valence-corrected chi connectivity index (χ2v) is 6.06. The van der Waals surface area contributed by atoms with Crippen molar-refractivity contribution in [2.75, 3.05) is 7.11 Å². The standard InChI is InChI=1S/C17H15BrO3/c1-10-3-8-14-13(9-10)16(19)15(18)17(21-14)11-4-6-12(20-2)7-5-11/h3-9,15,17H,1-2H3/t15-,17+/m1/s1. The number of aryl methyl sites for hydroxylation is 1. The van der Waals surface area contributed by atoms with Crippen LogP contribution in [0, 0.1) is 6.92 Å². The molecule has 3 nitrogen and oxygen atoms in total. The van der Waals surface area contributed by atoms with E-state index in [0.717, 1.165) is 16.9 Å². The van der Waals surface area contributed by atoms with Crippen molar-refractivity contribution in [1.29, 1.82) is 0 Å². The van der Waals surface area contributed by atoms with Gasteiger partial charge in [0.25, 0.3) is 0 Å². The fraction of sp³-hybridized carbons (Fsp3) is 0.235. The highest BCUT2D eigenvalue weighted by molar-refractivity contribution is 9.10. The Hall–Kier alpha value is -1.81. The van der Waals surface area contributed by atoms with E-state index in [1.165, 1.54) is 0 Å². The van der Waals surface area contributed by atoms with E-state index in [9.17, 15) is 4.79 Å². The van der Waals surface area contributed by atoms with Crippen LogP contribution in [0.4, 0.5) is 0 Å². The molecule has 0 amide bonds. The predicted molar refractivity (Wildman–Crippen MR) is 84.6 cm³/mol. The van der Waals surface area contributed by atoms with Gasteiger partial charge in [-0.3, -0.25) is 4.79 Å². The summed E-state index contributed by atoms with van der Waals surface area (Å²) in [6.07, 6.45) is -0.335. The molecule has 0 bridgehead atoms. The normalized spacial score (nSPS) is 20.6. The fourth-order valence-electron chi connectivity index (χ4n) is 2.45. The summed E-state index contributed by atoms with van der Waals surface area (Å²) in [7, 11) is 1.63. The van der Waals surface area contributed by atoms with Crippen molar-refractivity contribution in [2.24, 2.45) is 0 Å². The van der Waals surface area contributed by atoms with E-state index in [0.29, 0.717) is 11.3 Å². The van der Waals surface area contributed by atoms with Crippen molar-refractivity contribution in [3.63, 3.8) is 0 Å². The Morgan fingerprint density at radius 2 is 1.86 bits per heavy atom. The summed E-state index contributed by atoms with van der Waals surface area (Å²) < 4.78 is 11.2. The van der Waals surface area contributed by atoms with Crippen molar-refractivity contribution >= 4 is 21.7 Å². The van der Waals surface area contributed by atoms with Crippen LogP contribution in [0.15, 0.2) is 42.5 Å². The van der Waals surface area contributed by atoms with Gasteiger partial charge in [0.1, 0.15) is 22.4 Å². The van der Waals surface area contributed by atoms with Gasteiger partial charge in [0.05, 0.1) is 12.7 Å². The summed E-state index contributed by atoms with van der Waals surface area (Å²) in [5, 5.41) is 0. The number of Topliss-reactive ketones (excluding diaryl/α,β-unsaturated/α-hetero) is 1. The highest BCUT2D eigenvalue weighted by Gasteiger charge is 2.36. The number of carbonyl (C=O) groups is 1. The lowest BCUT2D eigenvalue weighted by Gasteiger charge is -2.30. The van der Waals surface area contributed by atoms with Crippen LogP contribution in [0.25, 0.3) is 0 Å². The maximum absolute atomic E-state index is 12.5. The number of benzene rings is 2. The van der Waals surface area contributed by atoms with E-state index >= 15 is 0 Å². The molecule has 1 aliphatic heterocycles. The lowest BCUT2D eigenvalue weighted by Crippen LogP contribution is -2.32. The van der Waals surface area contributed by atoms with Crippen molar-refractivity contribution in [3.8, 4) is 11.5 Å². The Balaban J connectivity index is 1.97. The van der Waals surface area contributed by atoms with Crippen LogP contribution < -0.4 is 9.47 Å². The minimum atomic E-state index is -0.389. The number of alkyl halides is 1. The number of methoxy groups -OCH3 is 1. The first-order valence-electron chi connectivity index (χ1n) is 6.69. The largest absolute Gasteiger partial charge is 0.497 e. The number of hydrogen-bond donors (Lipinski definition) is 0. The maximum atomic E-state index is 12.5. The van der Waals surface area contributed by atoms with Crippen LogP contribution in [0.2, 0.25) is 0 Å². The number of halogens is 1. The molecule has 0 saturated heterocycles. The third-order valence-electron chi connectivity index (χ3n) is 3.62. The fourth-order valence-corrected chi connectivity index (χ4v) is 3.11. The summed E-state index contributed by atoms with van der Waals surface area (Å²) in [5.41, 5.74) is 2.63. The summed E-state index contributed by atoms with van der Waals surface area (Å²) >= 11 is 3.48. The summed E-state index contributed by atoms with van der Waals surface area (Å²) in [4.78, 5) is 12.1. The second-order valence-electron chi connectivity index (χ2n) is 5.08. The van der Waals surface area contributed by atoms with Crippen LogP contribution >= 0.6 is 15.9 Å². The Bertz CT molecular complexity index is 679. The Morgan fingerprint density at radius 3 is 2.52 bits per heavy atom. The lowest BCUT2D eigenvalue weighted by molar-refractivity contribution is 0.0872. The highest BCUT2D eigenvalue weighted by atomic mass is 79.9. The molecule has 4 heteroatoms. The van der Waals surface area contributed by atoms with Gasteiger partial charge in [0.15, 0.2) is 5.78 Å². The molecule has 2 aromatic rings. The average molecular weight is 347 g/mol. The van der Waals surface area contributed by atoms with E-state index in [4.69, 9.17) is 9.47 Å². The van der Waals surface area contributed by atoms with E-state index in [1.54, 1.807) is 7.11 Å². The molecule has 0 radical (unpaired) electrons. The molecule has 0 aliphatic carbocycles. The molecule has 0 fully saturated rings. The number of hydrogen-bond acceptors (Lipinski definition) is 3. The first-order chi connectivity index (χ1) is 10.1. The van der Waals surface area contributed by atoms with Gasteiger partial charge in [-0.05, 0) is 36.8 Å². The molecule has 1 aliphatic rings. The molecule has 21 heavy (non-hydrogen) atoms. The molecule has 108 valence electrons. The zero-order valence-corrected chi connectivity index (χ0v) is 13.4. The van der Waals surface area contributed by atoms with Crippen LogP contribution in [0.5, 0.6) is 11.5 Å². The molecule has 0 unspecified atom stereocenters. The quantitative estimate of drug-likeness (QED) is 0.768. The maximum Gasteiger partial charge on any atom is 0.184 e. The summed E-state index contributed by atoms with van der Waals surface area (Å²) in [6, 6.07) is 13.3. The van der Waals surface area contributed by atoms with E-state index < -0.39 is 0 Å². The second kappa shape index (κ2) is 5.53. The molecular formula is C17H15BrO3. The SMILES string of the molecule is COc1ccc([C@@H]2Oc3ccc(C)cc3C(=O)[C@H]2Br)cc1. The Kier molecular flexibility index (Phi) is 3.72. The molecule has 0 aromatic heterocycles. The van der Waals surface area contributed by atoms with E-state index in [2.05, 4.69) is 15.9 Å². The molecule has 0 N–H and O–H groups in total. The van der Waals surface area contributed by atoms with E-state index in [1.807, 2.05) is 49.4 Å². The van der Waals surface area contributed by atoms with Gasteiger partial charge in [-0.1, -0.05) is 39.7 Å². The minimum absolute atomic E-state index is 0.0563. The van der Waals surface area contributed by atoms with E-state index in [-0.39, 0.29) is 16.7 Å². The van der Waals surface area contributed by atoms with Gasteiger partial charge in [-0.15, -0.1) is 0 Å². The van der Waals surface area contributed by atoms with Crippen LogP contribution in [-0.2, 0) is 0 Å². The zero-order valence-electron chi connectivity index (χ0n) is 11.8. The third kappa shape index (κ3) is 2.56. The highest BCUT2D eigenvalue weighted by Crippen LogP contribution is 2.39. The minimum Gasteiger partial charge on any atom is -0.497 e. The number of ether oxygens (including phenoxy) is 2. The van der Waals surface area contributed by atoms with Gasteiger partial charge in [-0.2, -0.15) is 0 Å². The van der Waals surface area contributed by atoms with Crippen molar-refractivity contribution in [1.82, 2.24) is 0 Å². The molecule has 1 heterocycles. The van der Waals surface area contributed by atoms with Crippen molar-refractivity contribution in [2.45, 2.75) is 17.9 Å². The third-order valence-corrected chi connectivity index (χ3v) is 4.51. The van der Waals surface area contributed by atoms with Crippen LogP contribution in [0.1, 0.15) is 27.6 Å². The predicted octanol–water partition coefficient (Wildman–Crippen LogP) is 4.08. The number of rotatable bonds is 2. The zero-order chi connectivity index (χ0) is 15.0. The molecule has 2 atom stereocenters. The first-order valence-corrected chi connectivity index (χ1v) is 7.61. The molecule has 0 spiro atoms. The van der Waals surface area contributed by atoms with Gasteiger partial charge in [0, 0.05) is 0 Å². The number of fused-ring (bicyclic) bond motifs is 1. The van der Waals surface area contributed by atoms with Gasteiger partial charge in [0.2, 0.25) is 0 Å². The molecular weight excluding hydrogens is 332 g/mol. The van der Waals surface area contributed by atoms with Gasteiger partial charge < -0.3 is 9.47 Å². The number of ketones is 1. The molecule has 0 saturated carbocycles. The van der Waals surface area contributed by atoms with Gasteiger partial charge in [-0.25, -0.2) is 0 Å². The monoisotopic (exact) mass is 346 g/mol. The van der Waals surface area contributed by atoms with Crippen molar-refractivity contribution < 1.29 is 14.3 Å². The summed E-state index contributed by atoms with van der Waals surface area (Å²) in [5.74, 6) is 1.48. The first kappa shape index (κ1) is 14.1. The van der Waals surface area contributed by atoms with Crippen molar-refractivity contribution in [3.05, 3.63) is 59.2 Å². The smallest absolute Gasteiger partial charge is 0.184 e.